The molecule has 1 saturated heterocycles. The Morgan fingerprint density at radius 2 is 1.65 bits per heavy atom. The quantitative estimate of drug-likeness (QED) is 0.303. The highest BCUT2D eigenvalue weighted by Gasteiger charge is 2.19. The Kier molecular flexibility index (Phi) is 10.2. The lowest BCUT2D eigenvalue weighted by Gasteiger charge is -2.26. The molecule has 1 heterocycles. The van der Waals surface area contributed by atoms with E-state index in [9.17, 15) is 18.0 Å². The number of hydrogen-bond acceptors (Lipinski definition) is 7. The van der Waals surface area contributed by atoms with Gasteiger partial charge < -0.3 is 20.1 Å². The predicted octanol–water partition coefficient (Wildman–Crippen LogP) is 3.76. The topological polar surface area (TPSA) is 126 Å². The Labute approximate surface area is 242 Å². The molecule has 0 radical (unpaired) electrons. The molecular formula is C27H28Cl2N4O6S. The van der Waals surface area contributed by atoms with E-state index < -0.39 is 15.9 Å². The molecule has 1 aliphatic rings. The number of ether oxygens (including phenoxy) is 2. The van der Waals surface area contributed by atoms with Crippen LogP contribution < -0.4 is 20.1 Å². The maximum atomic E-state index is 13.1. The van der Waals surface area contributed by atoms with E-state index in [0.29, 0.717) is 37.1 Å². The second-order valence-corrected chi connectivity index (χ2v) is 11.3. The molecule has 0 unspecified atom stereocenters. The van der Waals surface area contributed by atoms with Crippen molar-refractivity contribution in [3.8, 4) is 11.5 Å². The molecule has 10 nitrogen and oxygen atoms in total. The van der Waals surface area contributed by atoms with Crippen LogP contribution in [0.2, 0.25) is 10.0 Å². The number of hydrogen-bond donors (Lipinski definition) is 3. The Hall–Kier alpha value is -3.35. The molecule has 4 rings (SSSR count). The van der Waals surface area contributed by atoms with Gasteiger partial charge in [-0.2, -0.15) is 0 Å². The highest BCUT2D eigenvalue weighted by molar-refractivity contribution is 7.92. The lowest BCUT2D eigenvalue weighted by atomic mass is 10.2. The third kappa shape index (κ3) is 8.33. The van der Waals surface area contributed by atoms with E-state index in [1.165, 1.54) is 30.3 Å². The summed E-state index contributed by atoms with van der Waals surface area (Å²) in [6.45, 7) is 3.99. The number of benzene rings is 3. The van der Waals surface area contributed by atoms with Gasteiger partial charge in [0.05, 0.1) is 35.4 Å². The van der Waals surface area contributed by atoms with E-state index in [4.69, 9.17) is 32.7 Å². The maximum Gasteiger partial charge on any atom is 0.262 e. The largest absolute Gasteiger partial charge is 0.454 e. The number of anilines is 1. The van der Waals surface area contributed by atoms with Crippen molar-refractivity contribution in [1.82, 2.24) is 15.5 Å². The first-order valence-corrected chi connectivity index (χ1v) is 14.6. The van der Waals surface area contributed by atoms with Crippen LogP contribution in [0.4, 0.5) is 5.69 Å². The average molecular weight is 608 g/mol. The van der Waals surface area contributed by atoms with E-state index in [1.807, 2.05) is 0 Å². The van der Waals surface area contributed by atoms with Crippen LogP contribution in [-0.4, -0.2) is 71.1 Å². The first-order valence-electron chi connectivity index (χ1n) is 12.4. The molecule has 0 aliphatic carbocycles. The molecule has 2 amide bonds. The molecule has 3 aromatic carbocycles. The summed E-state index contributed by atoms with van der Waals surface area (Å²) in [5.74, 6) is -0.280. The molecule has 1 aliphatic heterocycles. The van der Waals surface area contributed by atoms with Gasteiger partial charge in [-0.15, -0.1) is 0 Å². The van der Waals surface area contributed by atoms with Gasteiger partial charge in [0.1, 0.15) is 5.75 Å². The van der Waals surface area contributed by atoms with Crippen LogP contribution in [0.1, 0.15) is 10.4 Å². The molecule has 3 aromatic rings. The minimum Gasteiger partial charge on any atom is -0.454 e. The van der Waals surface area contributed by atoms with E-state index >= 15 is 0 Å². The molecule has 1 fully saturated rings. The number of morpholine rings is 1. The predicted molar refractivity (Wildman–Crippen MR) is 153 cm³/mol. The molecule has 40 heavy (non-hydrogen) atoms. The first kappa shape index (κ1) is 29.6. The summed E-state index contributed by atoms with van der Waals surface area (Å²) < 4.78 is 39.7. The summed E-state index contributed by atoms with van der Waals surface area (Å²) in [5, 5.41) is 6.01. The Bertz CT molecular complexity index is 1450. The first-order chi connectivity index (χ1) is 19.2. The van der Waals surface area contributed by atoms with E-state index in [1.54, 1.807) is 36.4 Å². The van der Waals surface area contributed by atoms with E-state index in [0.717, 1.165) is 13.1 Å². The molecule has 0 aromatic heterocycles. The van der Waals surface area contributed by atoms with Crippen LogP contribution >= 0.6 is 23.2 Å². The van der Waals surface area contributed by atoms with Crippen LogP contribution in [0.3, 0.4) is 0 Å². The lowest BCUT2D eigenvalue weighted by Crippen LogP contribution is -2.43. The average Bonchev–Trinajstić information content (AvgIpc) is 2.94. The van der Waals surface area contributed by atoms with Crippen LogP contribution in [0.25, 0.3) is 0 Å². The SMILES string of the molecule is O=C(CNC(=O)c1ccc(S(=O)(=O)Nc2ccccc2Oc2ccc(Cl)cc2Cl)cc1)NCCN1CCOCC1. The zero-order valence-electron chi connectivity index (χ0n) is 21.4. The maximum absolute atomic E-state index is 13.1. The van der Waals surface area contributed by atoms with Crippen molar-refractivity contribution < 1.29 is 27.5 Å². The minimum absolute atomic E-state index is 0.0655. The standard InChI is InChI=1S/C27H28Cl2N4O6S/c28-20-7-10-24(22(29)17-20)39-25-4-2-1-3-23(25)32-40(36,37)21-8-5-19(6-9-21)27(35)31-18-26(34)30-11-12-33-13-15-38-16-14-33/h1-10,17,32H,11-16,18H2,(H,30,34)(H,31,35). The summed E-state index contributed by atoms with van der Waals surface area (Å²) in [6, 6.07) is 16.5. The molecule has 0 spiro atoms. The van der Waals surface area contributed by atoms with Gasteiger partial charge in [-0.05, 0) is 54.6 Å². The van der Waals surface area contributed by atoms with Gasteiger partial charge in [0.15, 0.2) is 5.75 Å². The van der Waals surface area contributed by atoms with Gasteiger partial charge in [0, 0.05) is 36.8 Å². The van der Waals surface area contributed by atoms with Crippen molar-refractivity contribution in [2.24, 2.45) is 0 Å². The lowest BCUT2D eigenvalue weighted by molar-refractivity contribution is -0.120. The Balaban J connectivity index is 1.32. The highest BCUT2D eigenvalue weighted by atomic mass is 35.5. The number of carbonyl (C=O) groups excluding carboxylic acids is 2. The third-order valence-corrected chi connectivity index (χ3v) is 7.85. The number of rotatable bonds is 11. The second kappa shape index (κ2) is 13.8. The summed E-state index contributed by atoms with van der Waals surface area (Å²) in [5.41, 5.74) is 0.399. The molecular weight excluding hydrogens is 579 g/mol. The smallest absolute Gasteiger partial charge is 0.262 e. The van der Waals surface area contributed by atoms with Gasteiger partial charge in [-0.25, -0.2) is 8.42 Å². The van der Waals surface area contributed by atoms with Crippen molar-refractivity contribution in [1.29, 1.82) is 0 Å². The Morgan fingerprint density at radius 3 is 2.38 bits per heavy atom. The zero-order chi connectivity index (χ0) is 28.5. The van der Waals surface area contributed by atoms with E-state index in [2.05, 4.69) is 20.3 Å². The number of sulfonamides is 1. The van der Waals surface area contributed by atoms with Gasteiger partial charge in [-0.3, -0.25) is 19.2 Å². The highest BCUT2D eigenvalue weighted by Crippen LogP contribution is 2.35. The fraction of sp³-hybridized carbons (Fsp3) is 0.259. The molecule has 0 saturated carbocycles. The number of carbonyl (C=O) groups is 2. The number of halogens is 2. The van der Waals surface area contributed by atoms with E-state index in [-0.39, 0.29) is 39.4 Å². The fourth-order valence-electron chi connectivity index (χ4n) is 3.81. The minimum atomic E-state index is -4.02. The normalized spacial score (nSPS) is 13.8. The second-order valence-electron chi connectivity index (χ2n) is 8.79. The van der Waals surface area contributed by atoms with Crippen molar-refractivity contribution in [3.05, 3.63) is 82.3 Å². The summed E-state index contributed by atoms with van der Waals surface area (Å²) in [6.07, 6.45) is 0. The number of amides is 2. The number of nitrogens with one attached hydrogen (secondary N) is 3. The van der Waals surface area contributed by atoms with Crippen molar-refractivity contribution in [3.63, 3.8) is 0 Å². The van der Waals surface area contributed by atoms with Gasteiger partial charge in [-0.1, -0.05) is 35.3 Å². The zero-order valence-corrected chi connectivity index (χ0v) is 23.7. The molecule has 3 N–H and O–H groups in total. The summed E-state index contributed by atoms with van der Waals surface area (Å²) >= 11 is 12.1. The fourth-order valence-corrected chi connectivity index (χ4v) is 5.33. The summed E-state index contributed by atoms with van der Waals surface area (Å²) in [7, 11) is -4.02. The van der Waals surface area contributed by atoms with Crippen LogP contribution in [0.5, 0.6) is 11.5 Å². The third-order valence-electron chi connectivity index (χ3n) is 5.94. The monoisotopic (exact) mass is 606 g/mol. The van der Waals surface area contributed by atoms with Crippen molar-refractivity contribution >= 4 is 50.7 Å². The van der Waals surface area contributed by atoms with Crippen LogP contribution in [0, 0.1) is 0 Å². The van der Waals surface area contributed by atoms with Crippen LogP contribution in [0.15, 0.2) is 71.6 Å². The van der Waals surface area contributed by atoms with Crippen molar-refractivity contribution in [2.75, 3.05) is 50.7 Å². The number of nitrogens with zero attached hydrogens (tertiary/aromatic N) is 1. The van der Waals surface area contributed by atoms with Gasteiger partial charge in [0.2, 0.25) is 5.91 Å². The number of para-hydroxylation sites is 2. The van der Waals surface area contributed by atoms with Gasteiger partial charge in [0.25, 0.3) is 15.9 Å². The molecule has 0 bridgehead atoms. The van der Waals surface area contributed by atoms with Gasteiger partial charge >= 0.3 is 0 Å². The van der Waals surface area contributed by atoms with Crippen LogP contribution in [-0.2, 0) is 19.6 Å². The Morgan fingerprint density at radius 1 is 0.925 bits per heavy atom. The molecule has 212 valence electrons. The van der Waals surface area contributed by atoms with Crippen molar-refractivity contribution in [2.45, 2.75) is 4.90 Å². The summed E-state index contributed by atoms with van der Waals surface area (Å²) in [4.78, 5) is 26.7. The molecule has 0 atom stereocenters. The molecule has 13 heteroatoms.